The third-order valence-electron chi connectivity index (χ3n) is 1.18. The van der Waals surface area contributed by atoms with E-state index in [0.717, 1.165) is 0 Å². The summed E-state index contributed by atoms with van der Waals surface area (Å²) in [6.45, 7) is 6.43. The van der Waals surface area contributed by atoms with E-state index in [-0.39, 0.29) is 5.57 Å². The van der Waals surface area contributed by atoms with Gasteiger partial charge in [0, 0.05) is 16.2 Å². The largest absolute Gasteiger partial charge is 0.402 e. The lowest BCUT2D eigenvalue weighted by Crippen LogP contribution is -2.30. The van der Waals surface area contributed by atoms with Crippen LogP contribution in [-0.2, 0) is 9.59 Å². The van der Waals surface area contributed by atoms with Crippen LogP contribution in [0.1, 0.15) is 13.8 Å². The van der Waals surface area contributed by atoms with Gasteiger partial charge in [0.05, 0.1) is 5.57 Å². The maximum atomic E-state index is 11.3. The molecular formula is C8H11IN2O2. The number of hydrogen-bond donors (Lipinski definition) is 2. The van der Waals surface area contributed by atoms with Crippen molar-refractivity contribution in [3.05, 3.63) is 21.4 Å². The summed E-state index contributed by atoms with van der Waals surface area (Å²) in [6, 6.07) is 0. The molecule has 0 aliphatic heterocycles. The maximum Gasteiger partial charge on any atom is 0.260 e. The number of imide groups is 1. The Kier molecular flexibility index (Phi) is 4.68. The molecule has 0 unspecified atom stereocenters. The van der Waals surface area contributed by atoms with Crippen molar-refractivity contribution in [2.24, 2.45) is 5.73 Å². The molecule has 13 heavy (non-hydrogen) atoms. The van der Waals surface area contributed by atoms with Crippen molar-refractivity contribution in [3.63, 3.8) is 0 Å². The molecule has 0 bridgehead atoms. The Bertz CT molecular complexity index is 291. The third kappa shape index (κ3) is 4.07. The molecule has 0 aliphatic carbocycles. The van der Waals surface area contributed by atoms with Crippen LogP contribution in [0.4, 0.5) is 0 Å². The number of halogens is 1. The van der Waals surface area contributed by atoms with Crippen LogP contribution in [0.5, 0.6) is 0 Å². The molecule has 0 saturated heterocycles. The van der Waals surface area contributed by atoms with Crippen molar-refractivity contribution in [3.8, 4) is 0 Å². The molecule has 3 N–H and O–H groups in total. The van der Waals surface area contributed by atoms with E-state index in [4.69, 9.17) is 5.73 Å². The molecule has 4 nitrogen and oxygen atoms in total. The Morgan fingerprint density at radius 1 is 1.38 bits per heavy atom. The van der Waals surface area contributed by atoms with Crippen molar-refractivity contribution in [1.82, 2.24) is 5.32 Å². The Morgan fingerprint density at radius 2 is 1.85 bits per heavy atom. The lowest BCUT2D eigenvalue weighted by atomic mass is 10.2. The predicted molar refractivity (Wildman–Crippen MR) is 58.9 cm³/mol. The van der Waals surface area contributed by atoms with Crippen molar-refractivity contribution < 1.29 is 9.59 Å². The van der Waals surface area contributed by atoms with Crippen LogP contribution in [0.15, 0.2) is 21.4 Å². The molecule has 0 aromatic carbocycles. The Hall–Kier alpha value is -0.850. The van der Waals surface area contributed by atoms with E-state index in [1.54, 1.807) is 6.92 Å². The Labute approximate surface area is 90.4 Å². The molecule has 0 aliphatic rings. The van der Waals surface area contributed by atoms with Crippen LogP contribution in [-0.4, -0.2) is 11.8 Å². The second-order valence-corrected chi connectivity index (χ2v) is 3.78. The quantitative estimate of drug-likeness (QED) is 0.450. The molecule has 0 fully saturated rings. The number of hydrogen-bond acceptors (Lipinski definition) is 3. The van der Waals surface area contributed by atoms with E-state index >= 15 is 0 Å². The van der Waals surface area contributed by atoms with E-state index in [1.165, 1.54) is 6.92 Å². The lowest BCUT2D eigenvalue weighted by molar-refractivity contribution is -0.127. The molecular weight excluding hydrogens is 283 g/mol. The summed E-state index contributed by atoms with van der Waals surface area (Å²) in [5.41, 5.74) is 6.06. The lowest BCUT2D eigenvalue weighted by Gasteiger charge is -2.06. The third-order valence-corrected chi connectivity index (χ3v) is 1.72. The van der Waals surface area contributed by atoms with Gasteiger partial charge in [0.2, 0.25) is 5.91 Å². The number of allylic oxidation sites excluding steroid dienone is 1. The zero-order valence-corrected chi connectivity index (χ0v) is 9.64. The molecule has 2 amide bonds. The monoisotopic (exact) mass is 294 g/mol. The standard InChI is InChI=1S/C8H11IN2O2/c1-4(9)7(5(2)10)8(13)11-6(3)12/h1,10H2,2-3H3,(H,11,12,13)/b7-5-. The Balaban J connectivity index is 4.80. The number of nitrogens with two attached hydrogens (primary N) is 1. The van der Waals surface area contributed by atoms with Gasteiger partial charge < -0.3 is 5.73 Å². The van der Waals surface area contributed by atoms with Crippen molar-refractivity contribution in [1.29, 1.82) is 0 Å². The minimum absolute atomic E-state index is 0.260. The summed E-state index contributed by atoms with van der Waals surface area (Å²) in [4.78, 5) is 21.9. The molecule has 0 rings (SSSR count). The highest BCUT2D eigenvalue weighted by Crippen LogP contribution is 2.17. The van der Waals surface area contributed by atoms with Gasteiger partial charge in [-0.15, -0.1) is 0 Å². The summed E-state index contributed by atoms with van der Waals surface area (Å²) in [7, 11) is 0. The van der Waals surface area contributed by atoms with E-state index < -0.39 is 11.8 Å². The molecule has 0 aromatic rings. The van der Waals surface area contributed by atoms with Gasteiger partial charge >= 0.3 is 0 Å². The molecule has 0 aromatic heterocycles. The second kappa shape index (κ2) is 5.00. The maximum absolute atomic E-state index is 11.3. The van der Waals surface area contributed by atoms with E-state index in [0.29, 0.717) is 9.28 Å². The smallest absolute Gasteiger partial charge is 0.260 e. The number of amides is 2. The number of carbonyl (C=O) groups excluding carboxylic acids is 2. The van der Waals surface area contributed by atoms with Crippen LogP contribution in [0.2, 0.25) is 0 Å². The first-order valence-corrected chi connectivity index (χ1v) is 4.57. The van der Waals surface area contributed by atoms with Crippen LogP contribution >= 0.6 is 22.6 Å². The summed E-state index contributed by atoms with van der Waals surface area (Å²) >= 11 is 1.88. The van der Waals surface area contributed by atoms with E-state index in [2.05, 4.69) is 11.9 Å². The van der Waals surface area contributed by atoms with Gasteiger partial charge in [-0.1, -0.05) is 6.58 Å². The number of carbonyl (C=O) groups is 2. The highest BCUT2D eigenvalue weighted by Gasteiger charge is 2.14. The predicted octanol–water partition coefficient (Wildman–Crippen LogP) is 0.831. The van der Waals surface area contributed by atoms with Crippen LogP contribution < -0.4 is 11.1 Å². The van der Waals surface area contributed by atoms with Crippen LogP contribution in [0.3, 0.4) is 0 Å². The summed E-state index contributed by atoms with van der Waals surface area (Å²) in [5.74, 6) is -0.923. The topological polar surface area (TPSA) is 72.2 Å². The van der Waals surface area contributed by atoms with Gasteiger partial charge in [-0.05, 0) is 29.5 Å². The molecule has 0 atom stereocenters. The Morgan fingerprint density at radius 3 is 2.08 bits per heavy atom. The SMILES string of the molecule is C=C(I)/C(C(=O)NC(C)=O)=C(\C)N. The average Bonchev–Trinajstić information content (AvgIpc) is 1.81. The van der Waals surface area contributed by atoms with Crippen molar-refractivity contribution >= 4 is 34.4 Å². The molecule has 0 spiro atoms. The number of rotatable bonds is 2. The summed E-state index contributed by atoms with van der Waals surface area (Å²) < 4.78 is 0.511. The second-order valence-electron chi connectivity index (χ2n) is 2.47. The molecule has 0 radical (unpaired) electrons. The first-order chi connectivity index (χ1) is 5.86. The molecule has 72 valence electrons. The van der Waals surface area contributed by atoms with Crippen molar-refractivity contribution in [2.45, 2.75) is 13.8 Å². The van der Waals surface area contributed by atoms with Crippen molar-refractivity contribution in [2.75, 3.05) is 0 Å². The van der Waals surface area contributed by atoms with Gasteiger partial charge in [0.1, 0.15) is 0 Å². The zero-order valence-electron chi connectivity index (χ0n) is 7.48. The van der Waals surface area contributed by atoms with Gasteiger partial charge in [0.25, 0.3) is 5.91 Å². The van der Waals surface area contributed by atoms with Gasteiger partial charge in [-0.3, -0.25) is 14.9 Å². The van der Waals surface area contributed by atoms with Gasteiger partial charge in [-0.2, -0.15) is 0 Å². The fourth-order valence-corrected chi connectivity index (χ4v) is 1.41. The van der Waals surface area contributed by atoms with E-state index in [1.807, 2.05) is 22.6 Å². The molecule has 5 heteroatoms. The average molecular weight is 294 g/mol. The fourth-order valence-electron chi connectivity index (χ4n) is 0.739. The van der Waals surface area contributed by atoms with Crippen LogP contribution in [0.25, 0.3) is 0 Å². The highest BCUT2D eigenvalue weighted by molar-refractivity contribution is 14.1. The first-order valence-electron chi connectivity index (χ1n) is 3.49. The first kappa shape index (κ1) is 12.2. The minimum atomic E-state index is -0.508. The highest BCUT2D eigenvalue weighted by atomic mass is 127. The van der Waals surface area contributed by atoms with Gasteiger partial charge in [0.15, 0.2) is 0 Å². The zero-order chi connectivity index (χ0) is 10.6. The van der Waals surface area contributed by atoms with Crippen LogP contribution in [0, 0.1) is 0 Å². The molecule has 0 heterocycles. The number of nitrogens with one attached hydrogen (secondary N) is 1. The summed E-state index contributed by atoms with van der Waals surface area (Å²) in [5, 5.41) is 2.12. The van der Waals surface area contributed by atoms with Gasteiger partial charge in [-0.25, -0.2) is 0 Å². The normalized spacial score (nSPS) is 11.6. The molecule has 0 saturated carbocycles. The minimum Gasteiger partial charge on any atom is -0.402 e. The fraction of sp³-hybridized carbons (Fsp3) is 0.250. The van der Waals surface area contributed by atoms with E-state index in [9.17, 15) is 9.59 Å². The summed E-state index contributed by atoms with van der Waals surface area (Å²) in [6.07, 6.45) is 0.